The Morgan fingerprint density at radius 3 is 2.68 bits per heavy atom. The van der Waals surface area contributed by atoms with Crippen LogP contribution in [-0.4, -0.2) is 16.1 Å². The molecule has 0 saturated heterocycles. The summed E-state index contributed by atoms with van der Waals surface area (Å²) in [6, 6.07) is 0. The molecule has 0 amide bonds. The maximum atomic E-state index is 5.93. The molecule has 1 saturated carbocycles. The Hall–Kier alpha value is -0.830. The Bertz CT molecular complexity index is 364. The van der Waals surface area contributed by atoms with Crippen LogP contribution < -0.4 is 5.73 Å². The van der Waals surface area contributed by atoms with Crippen LogP contribution in [0.2, 0.25) is 0 Å². The maximum Gasteiger partial charge on any atom is 0.0948 e. The number of aromatic nitrogens is 2. The van der Waals surface area contributed by atoms with Gasteiger partial charge < -0.3 is 10.3 Å². The van der Waals surface area contributed by atoms with E-state index in [1.165, 1.54) is 44.2 Å². The number of rotatable bonds is 6. The van der Waals surface area contributed by atoms with Crippen molar-refractivity contribution in [3.05, 3.63) is 18.2 Å². The van der Waals surface area contributed by atoms with E-state index in [2.05, 4.69) is 23.4 Å². The van der Waals surface area contributed by atoms with E-state index in [0.717, 1.165) is 12.5 Å². The Kier molecular flexibility index (Phi) is 5.44. The van der Waals surface area contributed by atoms with Gasteiger partial charge in [-0.2, -0.15) is 0 Å². The van der Waals surface area contributed by atoms with E-state index in [4.69, 9.17) is 5.73 Å². The van der Waals surface area contributed by atoms with E-state index in [1.807, 2.05) is 12.5 Å². The van der Waals surface area contributed by atoms with Crippen LogP contribution >= 0.6 is 0 Å². The Balaban J connectivity index is 1.94. The molecule has 1 aromatic rings. The van der Waals surface area contributed by atoms with Crippen molar-refractivity contribution in [1.82, 2.24) is 9.55 Å². The number of nitrogens with zero attached hydrogens (tertiary/aromatic N) is 2. The predicted molar refractivity (Wildman–Crippen MR) is 80.1 cm³/mol. The second-order valence-corrected chi connectivity index (χ2v) is 6.39. The molecule has 1 heterocycles. The van der Waals surface area contributed by atoms with Gasteiger partial charge in [0.25, 0.3) is 0 Å². The molecule has 0 radical (unpaired) electrons. The number of hydrogen-bond acceptors (Lipinski definition) is 2. The average Bonchev–Trinajstić information content (AvgIpc) is 2.86. The van der Waals surface area contributed by atoms with Crippen molar-refractivity contribution in [3.63, 3.8) is 0 Å². The zero-order valence-electron chi connectivity index (χ0n) is 12.5. The number of hydrogen-bond donors (Lipinski definition) is 1. The highest BCUT2D eigenvalue weighted by Gasteiger charge is 2.19. The van der Waals surface area contributed by atoms with Gasteiger partial charge in [0.2, 0.25) is 0 Å². The minimum Gasteiger partial charge on any atom is -0.334 e. The van der Waals surface area contributed by atoms with Crippen LogP contribution in [-0.2, 0) is 6.54 Å². The monoisotopic (exact) mass is 263 g/mol. The van der Waals surface area contributed by atoms with Crippen molar-refractivity contribution < 1.29 is 0 Å². The third-order valence-electron chi connectivity index (χ3n) is 4.69. The van der Waals surface area contributed by atoms with Crippen LogP contribution in [0.3, 0.4) is 0 Å². The second-order valence-electron chi connectivity index (χ2n) is 6.39. The summed E-state index contributed by atoms with van der Waals surface area (Å²) < 4.78 is 2.34. The summed E-state index contributed by atoms with van der Waals surface area (Å²) in [5.74, 6) is 1.95. The van der Waals surface area contributed by atoms with Gasteiger partial charge in [0.05, 0.1) is 6.33 Å². The van der Waals surface area contributed by atoms with Gasteiger partial charge in [-0.25, -0.2) is 4.98 Å². The summed E-state index contributed by atoms with van der Waals surface area (Å²) in [4.78, 5) is 4.34. The highest BCUT2D eigenvalue weighted by atomic mass is 15.0. The van der Waals surface area contributed by atoms with Crippen LogP contribution in [0.15, 0.2) is 12.5 Å². The second kappa shape index (κ2) is 7.09. The first-order valence-corrected chi connectivity index (χ1v) is 7.92. The molecule has 1 unspecified atom stereocenters. The molecule has 0 bridgehead atoms. The topological polar surface area (TPSA) is 43.8 Å². The van der Waals surface area contributed by atoms with Crippen molar-refractivity contribution in [1.29, 1.82) is 0 Å². The van der Waals surface area contributed by atoms with Crippen LogP contribution in [0.25, 0.3) is 0 Å². The number of aryl methyl sites for hydroxylation is 1. The summed E-state index contributed by atoms with van der Waals surface area (Å²) in [6.07, 6.45) is 12.5. The Morgan fingerprint density at radius 1 is 1.32 bits per heavy atom. The lowest BCUT2D eigenvalue weighted by molar-refractivity contribution is 0.320. The van der Waals surface area contributed by atoms with Crippen molar-refractivity contribution in [2.45, 2.75) is 64.8 Å². The minimum atomic E-state index is 0.439. The Morgan fingerprint density at radius 2 is 2.05 bits per heavy atom. The van der Waals surface area contributed by atoms with E-state index < -0.39 is 0 Å². The molecule has 1 aliphatic rings. The molecule has 3 heteroatoms. The van der Waals surface area contributed by atoms with Crippen molar-refractivity contribution >= 4 is 0 Å². The summed E-state index contributed by atoms with van der Waals surface area (Å²) in [5.41, 5.74) is 7.26. The van der Waals surface area contributed by atoms with Gasteiger partial charge in [-0.05, 0) is 18.3 Å². The highest BCUT2D eigenvalue weighted by Crippen LogP contribution is 2.28. The maximum absolute atomic E-state index is 5.93. The fraction of sp³-hybridized carbons (Fsp3) is 0.812. The van der Waals surface area contributed by atoms with Crippen molar-refractivity contribution in [2.75, 3.05) is 6.54 Å². The molecular weight excluding hydrogens is 234 g/mol. The standard InChI is InChI=1S/C16H29N3/c1-13(2)15(10-17)16-11-18-12-19(16)9-8-14-6-4-3-5-7-14/h11-15H,3-10,17H2,1-2H3. The minimum absolute atomic E-state index is 0.439. The number of nitrogens with two attached hydrogens (primary N) is 1. The smallest absolute Gasteiger partial charge is 0.0948 e. The van der Waals surface area contributed by atoms with Crippen molar-refractivity contribution in [2.24, 2.45) is 17.6 Å². The normalized spacial score (nSPS) is 18.9. The molecular formula is C16H29N3. The van der Waals surface area contributed by atoms with Crippen LogP contribution in [0, 0.1) is 11.8 Å². The van der Waals surface area contributed by atoms with Gasteiger partial charge in [-0.3, -0.25) is 0 Å². The van der Waals surface area contributed by atoms with E-state index in [-0.39, 0.29) is 0 Å². The molecule has 19 heavy (non-hydrogen) atoms. The summed E-state index contributed by atoms with van der Waals surface area (Å²) in [6.45, 7) is 6.32. The first-order valence-electron chi connectivity index (χ1n) is 7.92. The lowest BCUT2D eigenvalue weighted by Crippen LogP contribution is -2.21. The first-order chi connectivity index (χ1) is 9.22. The molecule has 0 aliphatic heterocycles. The third-order valence-corrected chi connectivity index (χ3v) is 4.69. The molecule has 1 fully saturated rings. The highest BCUT2D eigenvalue weighted by molar-refractivity contribution is 5.08. The predicted octanol–water partition coefficient (Wildman–Crippen LogP) is 3.55. The van der Waals surface area contributed by atoms with E-state index >= 15 is 0 Å². The van der Waals surface area contributed by atoms with Crippen LogP contribution in [0.5, 0.6) is 0 Å². The van der Waals surface area contributed by atoms with Gasteiger partial charge in [0, 0.05) is 30.9 Å². The molecule has 1 aliphatic carbocycles. The number of imidazole rings is 1. The summed E-state index contributed by atoms with van der Waals surface area (Å²) in [7, 11) is 0. The lowest BCUT2D eigenvalue weighted by atomic mass is 9.87. The van der Waals surface area contributed by atoms with Crippen LogP contribution in [0.4, 0.5) is 0 Å². The van der Waals surface area contributed by atoms with E-state index in [0.29, 0.717) is 18.4 Å². The third kappa shape index (κ3) is 3.82. The van der Waals surface area contributed by atoms with E-state index in [9.17, 15) is 0 Å². The fourth-order valence-electron chi connectivity index (χ4n) is 3.36. The van der Waals surface area contributed by atoms with Gasteiger partial charge in [0.15, 0.2) is 0 Å². The molecule has 0 spiro atoms. The molecule has 1 aromatic heterocycles. The van der Waals surface area contributed by atoms with E-state index in [1.54, 1.807) is 0 Å². The SMILES string of the molecule is CC(C)C(CN)c1cncn1CCC1CCCCC1. The zero-order valence-corrected chi connectivity index (χ0v) is 12.5. The summed E-state index contributed by atoms with van der Waals surface area (Å²) >= 11 is 0. The molecule has 1 atom stereocenters. The van der Waals surface area contributed by atoms with Crippen LogP contribution in [0.1, 0.15) is 64.0 Å². The molecule has 0 aromatic carbocycles. The molecule has 3 nitrogen and oxygen atoms in total. The quantitative estimate of drug-likeness (QED) is 0.853. The van der Waals surface area contributed by atoms with Gasteiger partial charge >= 0.3 is 0 Å². The van der Waals surface area contributed by atoms with Gasteiger partial charge in [-0.1, -0.05) is 46.0 Å². The fourth-order valence-corrected chi connectivity index (χ4v) is 3.36. The molecule has 108 valence electrons. The summed E-state index contributed by atoms with van der Waals surface area (Å²) in [5, 5.41) is 0. The first kappa shape index (κ1) is 14.6. The zero-order chi connectivity index (χ0) is 13.7. The van der Waals surface area contributed by atoms with Gasteiger partial charge in [-0.15, -0.1) is 0 Å². The molecule has 2 rings (SSSR count). The largest absolute Gasteiger partial charge is 0.334 e. The molecule has 2 N–H and O–H groups in total. The Labute approximate surface area is 117 Å². The lowest BCUT2D eigenvalue weighted by Gasteiger charge is -2.24. The average molecular weight is 263 g/mol. The van der Waals surface area contributed by atoms with Gasteiger partial charge in [0.1, 0.15) is 0 Å². The van der Waals surface area contributed by atoms with Crippen molar-refractivity contribution in [3.8, 4) is 0 Å².